The lowest BCUT2D eigenvalue weighted by Gasteiger charge is -2.24. The highest BCUT2D eigenvalue weighted by Gasteiger charge is 2.23. The van der Waals surface area contributed by atoms with Crippen LogP contribution in [0.15, 0.2) is 0 Å². The molecule has 1 aliphatic heterocycles. The van der Waals surface area contributed by atoms with E-state index in [1.807, 2.05) is 0 Å². The fourth-order valence-electron chi connectivity index (χ4n) is 1.15. The van der Waals surface area contributed by atoms with Crippen LogP contribution in [-0.4, -0.2) is 49.0 Å². The second-order valence-electron chi connectivity index (χ2n) is 4.09. The zero-order valence-electron chi connectivity index (χ0n) is 8.67. The minimum atomic E-state index is -0.877. The van der Waals surface area contributed by atoms with Crippen LogP contribution in [0.2, 0.25) is 0 Å². The molecule has 14 heavy (non-hydrogen) atoms. The summed E-state index contributed by atoms with van der Waals surface area (Å²) in [7, 11) is 0. The van der Waals surface area contributed by atoms with Crippen molar-refractivity contribution in [1.82, 2.24) is 10.6 Å². The van der Waals surface area contributed by atoms with Crippen LogP contribution in [0.5, 0.6) is 0 Å². The highest BCUT2D eigenvalue weighted by atomic mass is 16.5. The van der Waals surface area contributed by atoms with Gasteiger partial charge in [-0.2, -0.15) is 0 Å². The average molecular weight is 202 g/mol. The summed E-state index contributed by atoms with van der Waals surface area (Å²) in [6, 6.07) is 0. The molecule has 3 N–H and O–H groups in total. The first kappa shape index (κ1) is 11.4. The first-order valence-corrected chi connectivity index (χ1v) is 4.81. The molecule has 0 aromatic heterocycles. The lowest BCUT2D eigenvalue weighted by molar-refractivity contribution is -0.135. The molecule has 5 nitrogen and oxygen atoms in total. The molecule has 0 aromatic rings. The van der Waals surface area contributed by atoms with Gasteiger partial charge in [0.25, 0.3) is 5.91 Å². The minimum absolute atomic E-state index is 0.167. The van der Waals surface area contributed by atoms with Gasteiger partial charge in [0.1, 0.15) is 6.10 Å². The van der Waals surface area contributed by atoms with E-state index in [0.29, 0.717) is 13.2 Å². The summed E-state index contributed by atoms with van der Waals surface area (Å²) in [6.45, 7) is 5.42. The predicted octanol–water partition coefficient (Wildman–Crippen LogP) is -1.14. The number of morpholine rings is 1. The summed E-state index contributed by atoms with van der Waals surface area (Å²) in [4.78, 5) is 11.5. The van der Waals surface area contributed by atoms with Gasteiger partial charge < -0.3 is 20.5 Å². The Morgan fingerprint density at radius 1 is 1.71 bits per heavy atom. The maximum atomic E-state index is 11.5. The number of aliphatic hydroxyl groups is 1. The molecule has 1 heterocycles. The summed E-state index contributed by atoms with van der Waals surface area (Å²) < 4.78 is 5.25. The van der Waals surface area contributed by atoms with Crippen molar-refractivity contribution in [3.8, 4) is 0 Å². The van der Waals surface area contributed by atoms with E-state index in [0.717, 1.165) is 6.54 Å². The maximum absolute atomic E-state index is 11.5. The van der Waals surface area contributed by atoms with Gasteiger partial charge in [-0.05, 0) is 13.8 Å². The fraction of sp³-hybridized carbons (Fsp3) is 0.889. The van der Waals surface area contributed by atoms with Gasteiger partial charge in [0.15, 0.2) is 0 Å². The molecule has 1 amide bonds. The SMILES string of the molecule is CC(C)(O)CNC(=O)C1CNCCO1. The van der Waals surface area contributed by atoms with Crippen molar-refractivity contribution in [2.24, 2.45) is 0 Å². The van der Waals surface area contributed by atoms with Crippen LogP contribution in [0.4, 0.5) is 0 Å². The molecule has 1 aliphatic rings. The molecule has 1 rings (SSSR count). The zero-order valence-corrected chi connectivity index (χ0v) is 8.67. The monoisotopic (exact) mass is 202 g/mol. The zero-order chi connectivity index (χ0) is 10.6. The van der Waals surface area contributed by atoms with Gasteiger partial charge in [0.05, 0.1) is 12.2 Å². The summed E-state index contributed by atoms with van der Waals surface area (Å²) in [5, 5.41) is 15.1. The Balaban J connectivity index is 2.27. The van der Waals surface area contributed by atoms with Crippen LogP contribution in [-0.2, 0) is 9.53 Å². The molecule has 5 heteroatoms. The Morgan fingerprint density at radius 3 is 2.93 bits per heavy atom. The van der Waals surface area contributed by atoms with E-state index in [4.69, 9.17) is 4.74 Å². The lowest BCUT2D eigenvalue weighted by atomic mass is 10.1. The van der Waals surface area contributed by atoms with Gasteiger partial charge in [-0.1, -0.05) is 0 Å². The van der Waals surface area contributed by atoms with Crippen molar-refractivity contribution in [2.45, 2.75) is 25.6 Å². The molecule has 1 fully saturated rings. The summed E-state index contributed by atoms with van der Waals surface area (Å²) in [6.07, 6.45) is -0.425. The van der Waals surface area contributed by atoms with E-state index in [2.05, 4.69) is 10.6 Å². The van der Waals surface area contributed by atoms with Crippen molar-refractivity contribution in [1.29, 1.82) is 0 Å². The van der Waals surface area contributed by atoms with Crippen molar-refractivity contribution in [3.05, 3.63) is 0 Å². The molecule has 0 aliphatic carbocycles. The Kier molecular flexibility index (Phi) is 3.86. The smallest absolute Gasteiger partial charge is 0.250 e. The largest absolute Gasteiger partial charge is 0.389 e. The number of hydrogen-bond donors (Lipinski definition) is 3. The number of amides is 1. The van der Waals surface area contributed by atoms with E-state index in [-0.39, 0.29) is 12.5 Å². The number of carbonyl (C=O) groups excluding carboxylic acids is 1. The molecule has 0 bridgehead atoms. The van der Waals surface area contributed by atoms with Gasteiger partial charge in [0, 0.05) is 19.6 Å². The van der Waals surface area contributed by atoms with E-state index >= 15 is 0 Å². The van der Waals surface area contributed by atoms with Crippen LogP contribution in [0.3, 0.4) is 0 Å². The van der Waals surface area contributed by atoms with E-state index < -0.39 is 11.7 Å². The number of carbonyl (C=O) groups is 1. The van der Waals surface area contributed by atoms with Gasteiger partial charge in [-0.3, -0.25) is 4.79 Å². The molecule has 0 saturated carbocycles. The predicted molar refractivity (Wildman–Crippen MR) is 51.9 cm³/mol. The van der Waals surface area contributed by atoms with Crippen molar-refractivity contribution in [3.63, 3.8) is 0 Å². The number of nitrogens with one attached hydrogen (secondary N) is 2. The van der Waals surface area contributed by atoms with Crippen LogP contribution in [0.25, 0.3) is 0 Å². The summed E-state index contributed by atoms with van der Waals surface area (Å²) in [5.74, 6) is -0.167. The molecular weight excluding hydrogens is 184 g/mol. The molecular formula is C9H18N2O3. The Morgan fingerprint density at radius 2 is 2.43 bits per heavy atom. The number of ether oxygens (including phenoxy) is 1. The first-order chi connectivity index (χ1) is 6.49. The molecule has 0 aromatic carbocycles. The second kappa shape index (κ2) is 4.72. The van der Waals surface area contributed by atoms with Crippen LogP contribution in [0.1, 0.15) is 13.8 Å². The Hall–Kier alpha value is -0.650. The van der Waals surface area contributed by atoms with Gasteiger partial charge >= 0.3 is 0 Å². The summed E-state index contributed by atoms with van der Waals surface area (Å²) >= 11 is 0. The van der Waals surface area contributed by atoms with Crippen LogP contribution in [0, 0.1) is 0 Å². The molecule has 1 atom stereocenters. The third kappa shape index (κ3) is 4.04. The minimum Gasteiger partial charge on any atom is -0.389 e. The highest BCUT2D eigenvalue weighted by Crippen LogP contribution is 2.00. The lowest BCUT2D eigenvalue weighted by Crippen LogP contribution is -2.50. The third-order valence-corrected chi connectivity index (χ3v) is 1.92. The quantitative estimate of drug-likeness (QED) is 0.541. The van der Waals surface area contributed by atoms with Gasteiger partial charge in [-0.15, -0.1) is 0 Å². The van der Waals surface area contributed by atoms with Crippen molar-refractivity contribution >= 4 is 5.91 Å². The Labute approximate surface area is 83.8 Å². The molecule has 82 valence electrons. The fourth-order valence-corrected chi connectivity index (χ4v) is 1.15. The van der Waals surface area contributed by atoms with E-state index in [9.17, 15) is 9.90 Å². The van der Waals surface area contributed by atoms with Crippen LogP contribution >= 0.6 is 0 Å². The maximum Gasteiger partial charge on any atom is 0.250 e. The normalized spacial score (nSPS) is 23.2. The standard InChI is InChI=1S/C9H18N2O3/c1-9(2,13)6-11-8(12)7-5-10-3-4-14-7/h7,10,13H,3-6H2,1-2H3,(H,11,12). The summed E-state index contributed by atoms with van der Waals surface area (Å²) in [5.41, 5.74) is -0.877. The number of rotatable bonds is 3. The van der Waals surface area contributed by atoms with Crippen molar-refractivity contribution in [2.75, 3.05) is 26.2 Å². The molecule has 0 spiro atoms. The van der Waals surface area contributed by atoms with Gasteiger partial charge in [-0.25, -0.2) is 0 Å². The molecule has 0 radical (unpaired) electrons. The van der Waals surface area contributed by atoms with Gasteiger partial charge in [0.2, 0.25) is 0 Å². The third-order valence-electron chi connectivity index (χ3n) is 1.92. The van der Waals surface area contributed by atoms with Crippen molar-refractivity contribution < 1.29 is 14.6 Å². The second-order valence-corrected chi connectivity index (χ2v) is 4.09. The Bertz CT molecular complexity index is 195. The average Bonchev–Trinajstić information content (AvgIpc) is 2.14. The molecule has 1 saturated heterocycles. The first-order valence-electron chi connectivity index (χ1n) is 4.81. The van der Waals surface area contributed by atoms with E-state index in [1.54, 1.807) is 13.8 Å². The highest BCUT2D eigenvalue weighted by molar-refractivity contribution is 5.81. The topological polar surface area (TPSA) is 70.6 Å². The molecule has 1 unspecified atom stereocenters. The van der Waals surface area contributed by atoms with Crippen LogP contribution < -0.4 is 10.6 Å². The van der Waals surface area contributed by atoms with E-state index in [1.165, 1.54) is 0 Å². The number of hydrogen-bond acceptors (Lipinski definition) is 4.